The number of hydrogen-bond donors (Lipinski definition) is 0. The molecule has 0 saturated heterocycles. The molecule has 0 spiro atoms. The summed E-state index contributed by atoms with van der Waals surface area (Å²) >= 11 is 5.99. The number of unbranched alkanes of at least 4 members (excludes halogenated alkanes) is 2. The summed E-state index contributed by atoms with van der Waals surface area (Å²) in [4.78, 5) is 15.4. The molecule has 2 aromatic rings. The van der Waals surface area contributed by atoms with Gasteiger partial charge in [-0.1, -0.05) is 36.6 Å². The highest BCUT2D eigenvalue weighted by molar-refractivity contribution is 6.30. The van der Waals surface area contributed by atoms with Crippen molar-refractivity contribution in [2.75, 3.05) is 6.61 Å². The van der Waals surface area contributed by atoms with E-state index in [2.05, 4.69) is 16.2 Å². The van der Waals surface area contributed by atoms with Crippen LogP contribution in [-0.2, 0) is 21.5 Å². The van der Waals surface area contributed by atoms with E-state index in [1.807, 2.05) is 12.1 Å². The van der Waals surface area contributed by atoms with Crippen LogP contribution in [-0.4, -0.2) is 27.3 Å². The standard InChI is InChI=1S/C19H23ClN4O2/c1-2-26-18(25)6-4-3-5-11-19(12-21,13-24-15-22-14-23-24)16-7-9-17(20)10-8-16/h7-10,14-15H,2-6,11,13H2,1H3. The molecule has 0 amide bonds. The van der Waals surface area contributed by atoms with E-state index in [1.165, 1.54) is 6.33 Å². The molecule has 0 N–H and O–H groups in total. The van der Waals surface area contributed by atoms with Crippen molar-refractivity contribution in [3.63, 3.8) is 0 Å². The highest BCUT2D eigenvalue weighted by Gasteiger charge is 2.33. The highest BCUT2D eigenvalue weighted by atomic mass is 35.5. The number of aromatic nitrogens is 3. The first kappa shape index (κ1) is 19.9. The average Bonchev–Trinajstić information content (AvgIpc) is 3.14. The van der Waals surface area contributed by atoms with Gasteiger partial charge in [-0.2, -0.15) is 10.4 Å². The summed E-state index contributed by atoms with van der Waals surface area (Å²) in [6, 6.07) is 9.86. The van der Waals surface area contributed by atoms with Gasteiger partial charge in [0.1, 0.15) is 18.1 Å². The minimum absolute atomic E-state index is 0.167. The maximum Gasteiger partial charge on any atom is 0.305 e. The second kappa shape index (κ2) is 9.93. The molecule has 2 rings (SSSR count). The fourth-order valence-electron chi connectivity index (χ4n) is 2.94. The maximum absolute atomic E-state index is 11.4. The molecular weight excluding hydrogens is 352 g/mol. The Bertz CT molecular complexity index is 725. The summed E-state index contributed by atoms with van der Waals surface area (Å²) in [5.41, 5.74) is 0.188. The van der Waals surface area contributed by atoms with Crippen molar-refractivity contribution < 1.29 is 9.53 Å². The van der Waals surface area contributed by atoms with E-state index in [9.17, 15) is 10.1 Å². The zero-order valence-corrected chi connectivity index (χ0v) is 15.7. The van der Waals surface area contributed by atoms with Gasteiger partial charge in [0.05, 0.1) is 19.2 Å². The van der Waals surface area contributed by atoms with Crippen LogP contribution >= 0.6 is 11.6 Å². The molecule has 26 heavy (non-hydrogen) atoms. The van der Waals surface area contributed by atoms with Crippen LogP contribution < -0.4 is 0 Å². The zero-order valence-electron chi connectivity index (χ0n) is 14.9. The van der Waals surface area contributed by atoms with E-state index in [0.717, 1.165) is 24.8 Å². The smallest absolute Gasteiger partial charge is 0.305 e. The normalized spacial score (nSPS) is 13.0. The van der Waals surface area contributed by atoms with Crippen molar-refractivity contribution in [3.8, 4) is 6.07 Å². The lowest BCUT2D eigenvalue weighted by atomic mass is 9.77. The van der Waals surface area contributed by atoms with E-state index in [1.54, 1.807) is 30.1 Å². The van der Waals surface area contributed by atoms with Crippen LogP contribution in [0.25, 0.3) is 0 Å². The third-order valence-corrected chi connectivity index (χ3v) is 4.55. The first-order chi connectivity index (χ1) is 12.6. The third kappa shape index (κ3) is 5.57. The third-order valence-electron chi connectivity index (χ3n) is 4.30. The summed E-state index contributed by atoms with van der Waals surface area (Å²) in [6.45, 7) is 2.63. The van der Waals surface area contributed by atoms with E-state index >= 15 is 0 Å². The molecule has 1 aromatic heterocycles. The fourth-order valence-corrected chi connectivity index (χ4v) is 3.06. The molecule has 7 heteroatoms. The van der Waals surface area contributed by atoms with Gasteiger partial charge < -0.3 is 4.74 Å². The Labute approximate surface area is 158 Å². The Morgan fingerprint density at radius 2 is 2.08 bits per heavy atom. The molecule has 6 nitrogen and oxygen atoms in total. The van der Waals surface area contributed by atoms with Crippen LogP contribution in [0.2, 0.25) is 5.02 Å². The molecule has 138 valence electrons. The van der Waals surface area contributed by atoms with Gasteiger partial charge in [0.25, 0.3) is 0 Å². The van der Waals surface area contributed by atoms with Gasteiger partial charge in [-0.25, -0.2) is 4.98 Å². The van der Waals surface area contributed by atoms with E-state index in [0.29, 0.717) is 31.0 Å². The number of benzene rings is 1. The van der Waals surface area contributed by atoms with Gasteiger partial charge in [-0.15, -0.1) is 0 Å². The number of nitrogens with zero attached hydrogens (tertiary/aromatic N) is 4. The number of carbonyl (C=O) groups is 1. The molecule has 0 aliphatic rings. The molecular formula is C19H23ClN4O2. The quantitative estimate of drug-likeness (QED) is 0.465. The van der Waals surface area contributed by atoms with Crippen molar-refractivity contribution in [3.05, 3.63) is 47.5 Å². The van der Waals surface area contributed by atoms with Gasteiger partial charge in [0.15, 0.2) is 0 Å². The van der Waals surface area contributed by atoms with Gasteiger partial charge in [-0.05, 0) is 37.5 Å². The van der Waals surface area contributed by atoms with Crippen LogP contribution in [0.1, 0.15) is 44.6 Å². The lowest BCUT2D eigenvalue weighted by Crippen LogP contribution is -2.30. The summed E-state index contributed by atoms with van der Waals surface area (Å²) in [5.74, 6) is -0.167. The first-order valence-corrected chi connectivity index (χ1v) is 9.13. The predicted octanol–water partition coefficient (Wildman–Crippen LogP) is 3.91. The minimum atomic E-state index is -0.720. The fraction of sp³-hybridized carbons (Fsp3) is 0.474. The summed E-state index contributed by atoms with van der Waals surface area (Å²) < 4.78 is 6.62. The van der Waals surface area contributed by atoms with Gasteiger partial charge in [0, 0.05) is 11.4 Å². The van der Waals surface area contributed by atoms with Crippen molar-refractivity contribution >= 4 is 17.6 Å². The number of ether oxygens (including phenoxy) is 1. The van der Waals surface area contributed by atoms with Crippen LogP contribution in [0.4, 0.5) is 0 Å². The Morgan fingerprint density at radius 1 is 1.31 bits per heavy atom. The molecule has 0 aliphatic carbocycles. The topological polar surface area (TPSA) is 80.8 Å². The lowest BCUT2D eigenvalue weighted by Gasteiger charge is -2.27. The SMILES string of the molecule is CCOC(=O)CCCCCC(C#N)(Cn1cncn1)c1ccc(Cl)cc1. The molecule has 0 bridgehead atoms. The molecule has 0 radical (unpaired) electrons. The van der Waals surface area contributed by atoms with Crippen molar-refractivity contribution in [1.82, 2.24) is 14.8 Å². The first-order valence-electron chi connectivity index (χ1n) is 8.75. The number of hydrogen-bond acceptors (Lipinski definition) is 5. The number of esters is 1. The molecule has 1 atom stereocenters. The van der Waals surface area contributed by atoms with E-state index in [-0.39, 0.29) is 5.97 Å². The van der Waals surface area contributed by atoms with Crippen molar-refractivity contribution in [2.45, 2.75) is 51.0 Å². The Hall–Kier alpha value is -2.39. The van der Waals surface area contributed by atoms with E-state index in [4.69, 9.17) is 16.3 Å². The number of nitriles is 1. The molecule has 0 aliphatic heterocycles. The predicted molar refractivity (Wildman–Crippen MR) is 98.5 cm³/mol. The zero-order chi connectivity index (χ0) is 18.8. The average molecular weight is 375 g/mol. The summed E-state index contributed by atoms with van der Waals surface area (Å²) in [7, 11) is 0. The number of carbonyl (C=O) groups excluding carboxylic acids is 1. The molecule has 1 unspecified atom stereocenters. The summed E-state index contributed by atoms with van der Waals surface area (Å²) in [5, 5.41) is 14.8. The largest absolute Gasteiger partial charge is 0.466 e. The molecule has 1 aromatic carbocycles. The lowest BCUT2D eigenvalue weighted by molar-refractivity contribution is -0.143. The number of rotatable bonds is 10. The van der Waals surface area contributed by atoms with Crippen LogP contribution in [0, 0.1) is 11.3 Å². The minimum Gasteiger partial charge on any atom is -0.466 e. The van der Waals surface area contributed by atoms with Crippen molar-refractivity contribution in [2.24, 2.45) is 0 Å². The second-order valence-corrected chi connectivity index (χ2v) is 6.60. The second-order valence-electron chi connectivity index (χ2n) is 6.16. The van der Waals surface area contributed by atoms with E-state index < -0.39 is 5.41 Å². The van der Waals surface area contributed by atoms with Gasteiger partial charge in [0.2, 0.25) is 0 Å². The number of halogens is 1. The summed E-state index contributed by atoms with van der Waals surface area (Å²) in [6.07, 6.45) is 6.58. The Balaban J connectivity index is 2.04. The maximum atomic E-state index is 11.4. The van der Waals surface area contributed by atoms with Crippen LogP contribution in [0.3, 0.4) is 0 Å². The highest BCUT2D eigenvalue weighted by Crippen LogP contribution is 2.32. The molecule has 1 heterocycles. The Kier molecular flexibility index (Phi) is 7.61. The Morgan fingerprint density at radius 3 is 2.69 bits per heavy atom. The van der Waals surface area contributed by atoms with Gasteiger partial charge >= 0.3 is 5.97 Å². The molecule has 0 saturated carbocycles. The van der Waals surface area contributed by atoms with Gasteiger partial charge in [-0.3, -0.25) is 9.48 Å². The van der Waals surface area contributed by atoms with Crippen LogP contribution in [0.5, 0.6) is 0 Å². The van der Waals surface area contributed by atoms with Crippen molar-refractivity contribution in [1.29, 1.82) is 5.26 Å². The van der Waals surface area contributed by atoms with Crippen LogP contribution in [0.15, 0.2) is 36.9 Å². The molecule has 0 fully saturated rings. The monoisotopic (exact) mass is 374 g/mol.